The van der Waals surface area contributed by atoms with Gasteiger partial charge in [-0.2, -0.15) is 4.31 Å². The molecule has 1 amide bonds. The van der Waals surface area contributed by atoms with E-state index in [2.05, 4.69) is 29.3 Å². The van der Waals surface area contributed by atoms with E-state index in [0.29, 0.717) is 41.3 Å². The number of benzene rings is 2. The van der Waals surface area contributed by atoms with E-state index in [9.17, 15) is 13.2 Å². The molecule has 0 spiro atoms. The van der Waals surface area contributed by atoms with Crippen LogP contribution in [-0.2, 0) is 19.6 Å². The van der Waals surface area contributed by atoms with E-state index >= 15 is 0 Å². The van der Waals surface area contributed by atoms with Gasteiger partial charge in [0, 0.05) is 37.9 Å². The van der Waals surface area contributed by atoms with Gasteiger partial charge in [0.15, 0.2) is 0 Å². The molecule has 37 heavy (non-hydrogen) atoms. The molecule has 0 aliphatic carbocycles. The van der Waals surface area contributed by atoms with Crippen LogP contribution in [-0.4, -0.2) is 71.2 Å². The van der Waals surface area contributed by atoms with Crippen molar-refractivity contribution in [1.29, 1.82) is 0 Å². The molecule has 3 rings (SSSR count). The minimum Gasteiger partial charge on any atom is -0.497 e. The Kier molecular flexibility index (Phi) is 10.8. The maximum atomic E-state index is 13.6. The average Bonchev–Trinajstić information content (AvgIpc) is 2.89. The van der Waals surface area contributed by atoms with Crippen LogP contribution in [0.1, 0.15) is 43.7 Å². The number of carbonyl (C=O) groups is 1. The zero-order valence-corrected chi connectivity index (χ0v) is 23.4. The number of aryl methyl sites for hydroxylation is 2. The number of hydrogen-bond donors (Lipinski definition) is 1. The fourth-order valence-corrected chi connectivity index (χ4v) is 7.05. The predicted molar refractivity (Wildman–Crippen MR) is 147 cm³/mol. The van der Waals surface area contributed by atoms with Gasteiger partial charge in [0.2, 0.25) is 15.9 Å². The molecule has 2 aromatic carbocycles. The monoisotopic (exact) mass is 531 g/mol. The quantitative estimate of drug-likeness (QED) is 0.395. The molecule has 0 saturated carbocycles. The topological polar surface area (TPSA) is 88.2 Å². The minimum absolute atomic E-state index is 0.0822. The van der Waals surface area contributed by atoms with Crippen LogP contribution < -0.4 is 15.0 Å². The van der Waals surface area contributed by atoms with Gasteiger partial charge in [-0.1, -0.05) is 24.6 Å². The fourth-order valence-electron chi connectivity index (χ4n) is 4.95. The first-order valence-corrected chi connectivity index (χ1v) is 14.5. The second-order valence-electron chi connectivity index (χ2n) is 9.49. The standard InChI is InChI=1S/C28H41N3O5S/c1-5-30(24-12-7-6-8-13-24)16-11-15-29-27(32)21-36-20-25-14-9-10-17-31(25)37(33,34)28-22(2)18-26(35-4)19-23(28)3/h6-8,12-13,18-19,25H,5,9-11,14-17,20-21H2,1-4H3,(H,29,32). The zero-order valence-electron chi connectivity index (χ0n) is 22.5. The van der Waals surface area contributed by atoms with Crippen molar-refractivity contribution in [2.45, 2.75) is 57.4 Å². The Morgan fingerprint density at radius 2 is 1.84 bits per heavy atom. The van der Waals surface area contributed by atoms with E-state index in [1.165, 1.54) is 5.69 Å². The van der Waals surface area contributed by atoms with Crippen molar-refractivity contribution in [1.82, 2.24) is 9.62 Å². The molecule has 1 N–H and O–H groups in total. The Balaban J connectivity index is 1.49. The van der Waals surface area contributed by atoms with Crippen LogP contribution in [0.2, 0.25) is 0 Å². The summed E-state index contributed by atoms with van der Waals surface area (Å²) in [5.74, 6) is 0.454. The molecule has 1 saturated heterocycles. The average molecular weight is 532 g/mol. The van der Waals surface area contributed by atoms with Crippen LogP contribution in [0.4, 0.5) is 5.69 Å². The Morgan fingerprint density at radius 3 is 2.49 bits per heavy atom. The van der Waals surface area contributed by atoms with Crippen LogP contribution in [0.15, 0.2) is 47.4 Å². The molecule has 1 heterocycles. The van der Waals surface area contributed by atoms with Crippen LogP contribution in [0.25, 0.3) is 0 Å². The summed E-state index contributed by atoms with van der Waals surface area (Å²) in [6, 6.07) is 13.4. The number of nitrogens with one attached hydrogen (secondary N) is 1. The van der Waals surface area contributed by atoms with E-state index in [-0.39, 0.29) is 25.2 Å². The summed E-state index contributed by atoms with van der Waals surface area (Å²) in [6.45, 7) is 8.57. The maximum absolute atomic E-state index is 13.6. The van der Waals surface area contributed by atoms with E-state index in [1.54, 1.807) is 37.4 Å². The molecule has 9 heteroatoms. The van der Waals surface area contributed by atoms with Crippen molar-refractivity contribution in [3.05, 3.63) is 53.6 Å². The smallest absolute Gasteiger partial charge is 0.245 e. The lowest BCUT2D eigenvalue weighted by atomic mass is 10.1. The number of anilines is 1. The number of rotatable bonds is 13. The number of hydrogen-bond acceptors (Lipinski definition) is 6. The van der Waals surface area contributed by atoms with E-state index in [1.807, 2.05) is 18.2 Å². The molecule has 0 radical (unpaired) electrons. The minimum atomic E-state index is -3.71. The van der Waals surface area contributed by atoms with Gasteiger partial charge in [-0.3, -0.25) is 4.79 Å². The Hall–Kier alpha value is -2.62. The SMILES string of the molecule is CCN(CCCNC(=O)COCC1CCCCN1S(=O)(=O)c1c(C)cc(OC)cc1C)c1ccccc1. The largest absolute Gasteiger partial charge is 0.497 e. The summed E-state index contributed by atoms with van der Waals surface area (Å²) in [5, 5.41) is 2.91. The van der Waals surface area contributed by atoms with Gasteiger partial charge in [-0.25, -0.2) is 8.42 Å². The molecule has 0 aromatic heterocycles. The van der Waals surface area contributed by atoms with Crippen molar-refractivity contribution in [3.8, 4) is 5.75 Å². The van der Waals surface area contributed by atoms with E-state index in [4.69, 9.17) is 9.47 Å². The van der Waals surface area contributed by atoms with Crippen LogP contribution >= 0.6 is 0 Å². The fraction of sp³-hybridized carbons (Fsp3) is 0.536. The first kappa shape index (κ1) is 28.9. The molecule has 1 unspecified atom stereocenters. The number of carbonyl (C=O) groups excluding carboxylic acids is 1. The highest BCUT2D eigenvalue weighted by Gasteiger charge is 2.35. The summed E-state index contributed by atoms with van der Waals surface area (Å²) in [7, 11) is -2.14. The highest BCUT2D eigenvalue weighted by Crippen LogP contribution is 2.31. The number of nitrogens with zero attached hydrogens (tertiary/aromatic N) is 2. The Bertz CT molecular complexity index is 1100. The number of methoxy groups -OCH3 is 1. The van der Waals surface area contributed by atoms with Crippen LogP contribution in [0.5, 0.6) is 5.75 Å². The normalized spacial score (nSPS) is 16.4. The summed E-state index contributed by atoms with van der Waals surface area (Å²) < 4.78 is 39.8. The number of piperidine rings is 1. The summed E-state index contributed by atoms with van der Waals surface area (Å²) in [6.07, 6.45) is 3.27. The van der Waals surface area contributed by atoms with Crippen molar-refractivity contribution >= 4 is 21.6 Å². The summed E-state index contributed by atoms with van der Waals surface area (Å²) in [4.78, 5) is 14.9. The predicted octanol–water partition coefficient (Wildman–Crippen LogP) is 3.90. The maximum Gasteiger partial charge on any atom is 0.245 e. The number of para-hydroxylation sites is 1. The third kappa shape index (κ3) is 7.69. The lowest BCUT2D eigenvalue weighted by molar-refractivity contribution is -0.126. The van der Waals surface area contributed by atoms with Gasteiger partial charge in [-0.05, 0) is 75.4 Å². The van der Waals surface area contributed by atoms with Crippen LogP contribution in [0.3, 0.4) is 0 Å². The third-order valence-electron chi connectivity index (χ3n) is 6.78. The van der Waals surface area contributed by atoms with Gasteiger partial charge >= 0.3 is 0 Å². The molecular weight excluding hydrogens is 490 g/mol. The molecule has 2 aromatic rings. The summed E-state index contributed by atoms with van der Waals surface area (Å²) >= 11 is 0. The van der Waals surface area contributed by atoms with Crippen molar-refractivity contribution in [2.24, 2.45) is 0 Å². The Labute approximate surface area is 222 Å². The highest BCUT2D eigenvalue weighted by molar-refractivity contribution is 7.89. The first-order chi connectivity index (χ1) is 17.8. The van der Waals surface area contributed by atoms with Crippen molar-refractivity contribution in [2.75, 3.05) is 51.4 Å². The molecule has 0 bridgehead atoms. The second-order valence-corrected chi connectivity index (χ2v) is 11.3. The third-order valence-corrected chi connectivity index (χ3v) is 9.04. The van der Waals surface area contributed by atoms with Crippen molar-refractivity contribution < 1.29 is 22.7 Å². The van der Waals surface area contributed by atoms with Crippen molar-refractivity contribution in [3.63, 3.8) is 0 Å². The first-order valence-electron chi connectivity index (χ1n) is 13.1. The Morgan fingerprint density at radius 1 is 1.14 bits per heavy atom. The summed E-state index contributed by atoms with van der Waals surface area (Å²) in [5.41, 5.74) is 2.50. The van der Waals surface area contributed by atoms with Crippen LogP contribution in [0, 0.1) is 13.8 Å². The lowest BCUT2D eigenvalue weighted by Gasteiger charge is -2.35. The van der Waals surface area contributed by atoms with Gasteiger partial charge in [-0.15, -0.1) is 0 Å². The number of sulfonamides is 1. The van der Waals surface area contributed by atoms with E-state index in [0.717, 1.165) is 32.4 Å². The molecule has 1 atom stereocenters. The highest BCUT2D eigenvalue weighted by atomic mass is 32.2. The lowest BCUT2D eigenvalue weighted by Crippen LogP contribution is -2.46. The zero-order chi connectivity index (χ0) is 26.8. The van der Waals surface area contributed by atoms with Gasteiger partial charge < -0.3 is 19.7 Å². The molecule has 1 aliphatic rings. The molecule has 1 aliphatic heterocycles. The number of ether oxygens (including phenoxy) is 2. The molecular formula is C28H41N3O5S. The van der Waals surface area contributed by atoms with Gasteiger partial charge in [0.1, 0.15) is 12.4 Å². The second kappa shape index (κ2) is 13.8. The molecule has 1 fully saturated rings. The number of amides is 1. The van der Waals surface area contributed by atoms with E-state index < -0.39 is 10.0 Å². The molecule has 204 valence electrons. The van der Waals surface area contributed by atoms with Gasteiger partial charge in [0.25, 0.3) is 0 Å². The van der Waals surface area contributed by atoms with Gasteiger partial charge in [0.05, 0.1) is 18.6 Å². The molecule has 8 nitrogen and oxygen atoms in total.